The first-order valence-corrected chi connectivity index (χ1v) is 13.5. The van der Waals surface area contributed by atoms with Crippen molar-refractivity contribution in [1.82, 2.24) is 10.3 Å². The minimum Gasteiger partial charge on any atom is -0.474 e. The molecule has 7 heteroatoms. The number of Topliss-reactive ketones (excluding diaryl/α,β-unsaturated/α-hetero) is 1. The van der Waals surface area contributed by atoms with Crippen LogP contribution in [0.4, 0.5) is 0 Å². The third-order valence-corrected chi connectivity index (χ3v) is 7.77. The van der Waals surface area contributed by atoms with Crippen molar-refractivity contribution in [1.29, 1.82) is 0 Å². The maximum atomic E-state index is 12.0. The van der Waals surface area contributed by atoms with Gasteiger partial charge in [0, 0.05) is 38.8 Å². The van der Waals surface area contributed by atoms with E-state index < -0.39 is 0 Å². The fourth-order valence-electron chi connectivity index (χ4n) is 5.23. The van der Waals surface area contributed by atoms with Crippen LogP contribution in [0.15, 0.2) is 22.4 Å². The molecule has 7 nitrogen and oxygen atoms in total. The van der Waals surface area contributed by atoms with Gasteiger partial charge in [-0.1, -0.05) is 38.4 Å². The van der Waals surface area contributed by atoms with Gasteiger partial charge in [-0.15, -0.1) is 0 Å². The summed E-state index contributed by atoms with van der Waals surface area (Å²) in [5.74, 6) is 1.00. The average Bonchev–Trinajstić information content (AvgIpc) is 3.27. The molecule has 1 N–H and O–H groups in total. The topological polar surface area (TPSA) is 75.9 Å². The number of rotatable bonds is 10. The first-order chi connectivity index (χ1) is 16.8. The smallest absolute Gasteiger partial charge is 0.223 e. The maximum Gasteiger partial charge on any atom is 0.223 e. The Bertz CT molecular complexity index is 1110. The molecule has 4 unspecified atom stereocenters. The van der Waals surface area contributed by atoms with Crippen LogP contribution in [-0.4, -0.2) is 59.9 Å². The van der Waals surface area contributed by atoms with E-state index >= 15 is 0 Å². The molecule has 0 aromatic carbocycles. The minimum absolute atomic E-state index is 0.115. The summed E-state index contributed by atoms with van der Waals surface area (Å²) in [5.41, 5.74) is 1.88. The van der Waals surface area contributed by atoms with Crippen LogP contribution in [-0.2, 0) is 4.79 Å². The largest absolute Gasteiger partial charge is 0.474 e. The molecule has 4 heterocycles. The van der Waals surface area contributed by atoms with Crippen molar-refractivity contribution in [3.8, 4) is 5.88 Å². The number of piperidine rings is 1. The van der Waals surface area contributed by atoms with E-state index in [0.717, 1.165) is 67.0 Å². The number of fused-ring (bicyclic) bond motifs is 1. The molecule has 1 fully saturated rings. The first-order valence-electron chi connectivity index (χ1n) is 13.5. The predicted octanol–water partition coefficient (Wildman–Crippen LogP) is 3.37. The summed E-state index contributed by atoms with van der Waals surface area (Å²) in [6, 6.07) is 2.88. The van der Waals surface area contributed by atoms with Crippen LogP contribution in [0, 0.1) is 5.92 Å². The Labute approximate surface area is 209 Å². The lowest BCUT2D eigenvalue weighted by atomic mass is 9.98. The normalized spacial score (nSPS) is 25.7. The van der Waals surface area contributed by atoms with E-state index in [2.05, 4.69) is 44.6 Å². The minimum atomic E-state index is -0.124. The van der Waals surface area contributed by atoms with Gasteiger partial charge in [-0.2, -0.15) is 4.59 Å². The van der Waals surface area contributed by atoms with E-state index in [1.807, 2.05) is 20.1 Å². The number of quaternary nitrogens is 1. The van der Waals surface area contributed by atoms with Crippen LogP contribution >= 0.6 is 0 Å². The number of hydrogen-bond donors (Lipinski definition) is 1. The van der Waals surface area contributed by atoms with Gasteiger partial charge in [-0.05, 0) is 31.7 Å². The zero-order valence-corrected chi connectivity index (χ0v) is 22.1. The van der Waals surface area contributed by atoms with Crippen molar-refractivity contribution in [2.24, 2.45) is 16.0 Å². The highest BCUT2D eigenvalue weighted by atomic mass is 16.5. The van der Waals surface area contributed by atoms with E-state index in [4.69, 9.17) is 19.8 Å². The molecule has 1 aromatic heterocycles. The number of aromatic nitrogens is 1. The van der Waals surface area contributed by atoms with E-state index in [1.54, 1.807) is 0 Å². The average molecular weight is 481 g/mol. The highest BCUT2D eigenvalue weighted by Gasteiger charge is 2.36. The third-order valence-electron chi connectivity index (χ3n) is 7.77. The van der Waals surface area contributed by atoms with Gasteiger partial charge < -0.3 is 10.1 Å². The molecule has 0 aliphatic carbocycles. The number of nitrogens with one attached hydrogen (secondary N) is 1. The Morgan fingerprint density at radius 2 is 2.03 bits per heavy atom. The number of ether oxygens (including phenoxy) is 1. The molecular weight excluding hydrogens is 438 g/mol. The molecule has 3 aliphatic heterocycles. The van der Waals surface area contributed by atoms with Gasteiger partial charge in [-0.3, -0.25) is 9.79 Å². The van der Waals surface area contributed by atoms with Gasteiger partial charge in [0.1, 0.15) is 24.1 Å². The summed E-state index contributed by atoms with van der Waals surface area (Å²) in [6.45, 7) is 10.3. The quantitative estimate of drug-likeness (QED) is 0.521. The molecule has 0 amide bonds. The number of pyridine rings is 1. The number of carbonyl (C=O) groups excluding carboxylic acids is 1. The molecule has 3 aliphatic rings. The predicted molar refractivity (Wildman–Crippen MR) is 141 cm³/mol. The fraction of sp³-hybridized carbons (Fsp3) is 0.643. The lowest BCUT2D eigenvalue weighted by Gasteiger charge is -2.33. The molecule has 4 atom stereocenters. The van der Waals surface area contributed by atoms with Crippen LogP contribution in [0.3, 0.4) is 0 Å². The lowest BCUT2D eigenvalue weighted by Crippen LogP contribution is -2.47. The number of hydrogen-bond acceptors (Lipinski definition) is 6. The number of nitrogens with zero attached hydrogens (tertiary/aromatic N) is 4. The molecular formula is C28H42N5O2+. The second-order valence-corrected chi connectivity index (χ2v) is 10.6. The molecule has 0 saturated carbocycles. The van der Waals surface area contributed by atoms with E-state index in [9.17, 15) is 4.79 Å². The van der Waals surface area contributed by atoms with Crippen molar-refractivity contribution in [3.05, 3.63) is 28.5 Å². The Morgan fingerprint density at radius 1 is 1.26 bits per heavy atom. The zero-order chi connectivity index (χ0) is 25.0. The Morgan fingerprint density at radius 3 is 2.74 bits per heavy atom. The summed E-state index contributed by atoms with van der Waals surface area (Å²) in [7, 11) is 2.18. The number of ketones is 1. The highest BCUT2D eigenvalue weighted by Crippen LogP contribution is 2.29. The van der Waals surface area contributed by atoms with Crippen LogP contribution in [0.2, 0.25) is 0 Å². The summed E-state index contributed by atoms with van der Waals surface area (Å²) in [4.78, 5) is 22.1. The zero-order valence-electron chi connectivity index (χ0n) is 22.1. The van der Waals surface area contributed by atoms with Crippen LogP contribution < -0.4 is 20.6 Å². The van der Waals surface area contributed by atoms with Crippen LogP contribution in [0.1, 0.15) is 78.3 Å². The van der Waals surface area contributed by atoms with Crippen molar-refractivity contribution in [2.45, 2.75) is 90.8 Å². The first kappa shape index (κ1) is 25.7. The Balaban J connectivity index is 1.68. The Kier molecular flexibility index (Phi) is 8.17. The molecule has 35 heavy (non-hydrogen) atoms. The Hall–Kier alpha value is -2.38. The maximum absolute atomic E-state index is 12.0. The summed E-state index contributed by atoms with van der Waals surface area (Å²) >= 11 is 0. The summed E-state index contributed by atoms with van der Waals surface area (Å²) in [6.07, 6.45) is 12.7. The molecule has 0 bridgehead atoms. The van der Waals surface area contributed by atoms with Crippen molar-refractivity contribution in [3.63, 3.8) is 0 Å². The van der Waals surface area contributed by atoms with E-state index in [1.165, 1.54) is 0 Å². The van der Waals surface area contributed by atoms with Gasteiger partial charge >= 0.3 is 0 Å². The van der Waals surface area contributed by atoms with Crippen molar-refractivity contribution < 1.29 is 14.1 Å². The molecule has 1 saturated heterocycles. The molecule has 0 spiro atoms. The second-order valence-electron chi connectivity index (χ2n) is 10.6. The number of carbonyl (C=O) groups is 1. The lowest BCUT2D eigenvalue weighted by molar-refractivity contribution is -0.890. The molecule has 4 rings (SSSR count). The fourth-order valence-corrected chi connectivity index (χ4v) is 5.23. The third kappa shape index (κ3) is 5.89. The SMILES string of the molecule is CCCC1CC=c2c(OC(C)C(C)CC(=O)CC)nc(C3=C[N+](C)(C4CCNCC4)N=C3)cc2=N1. The molecule has 0 radical (unpaired) electrons. The molecule has 1 aromatic rings. The standard InChI is InChI=1S/C28H42N5O2/c1-6-8-22-9-10-25-27(31-22)16-26(32-28(25)35-20(4)19(3)15-24(34)7-2)21-17-30-33(5,18-21)23-11-13-29-14-12-23/h10,16-20,22-23,29H,6-9,11-15H2,1-5H3/q+1. The van der Waals surface area contributed by atoms with Gasteiger partial charge in [0.2, 0.25) is 5.88 Å². The van der Waals surface area contributed by atoms with Crippen LogP contribution in [0.25, 0.3) is 11.6 Å². The van der Waals surface area contributed by atoms with Gasteiger partial charge in [0.05, 0.1) is 41.1 Å². The number of allylic oxidation sites excluding steroid dienone is 1. The molecule has 190 valence electrons. The van der Waals surface area contributed by atoms with Crippen molar-refractivity contribution in [2.75, 3.05) is 20.1 Å². The highest BCUT2D eigenvalue weighted by molar-refractivity contribution is 6.09. The summed E-state index contributed by atoms with van der Waals surface area (Å²) < 4.78 is 7.01. The van der Waals surface area contributed by atoms with E-state index in [0.29, 0.717) is 35.4 Å². The van der Waals surface area contributed by atoms with Crippen LogP contribution in [0.5, 0.6) is 5.88 Å². The van der Waals surface area contributed by atoms with Gasteiger partial charge in [-0.25, -0.2) is 4.98 Å². The van der Waals surface area contributed by atoms with E-state index in [-0.39, 0.29) is 17.8 Å². The monoisotopic (exact) mass is 480 g/mol. The van der Waals surface area contributed by atoms with Gasteiger partial charge in [0.15, 0.2) is 0 Å². The summed E-state index contributed by atoms with van der Waals surface area (Å²) in [5, 5.41) is 10.3. The van der Waals surface area contributed by atoms with Crippen molar-refractivity contribution >= 4 is 23.6 Å². The second kappa shape index (κ2) is 11.1. The van der Waals surface area contributed by atoms with Gasteiger partial charge in [0.25, 0.3) is 0 Å².